The zero-order chi connectivity index (χ0) is 9.68. The Labute approximate surface area is 81.5 Å². The molecule has 1 aromatic rings. The molecule has 0 aliphatic carbocycles. The summed E-state index contributed by atoms with van der Waals surface area (Å²) in [5.74, 6) is 0. The molecule has 0 saturated heterocycles. The Bertz CT molecular complexity index is 261. The van der Waals surface area contributed by atoms with E-state index in [1.807, 2.05) is 7.05 Å². The van der Waals surface area contributed by atoms with Crippen molar-refractivity contribution < 1.29 is 0 Å². The third-order valence-electron chi connectivity index (χ3n) is 1.70. The molecular formula is C10H17N2P. The molecule has 0 spiro atoms. The molecule has 0 amide bonds. The Hall–Kier alpha value is -0.460. The molecule has 0 radical (unpaired) electrons. The van der Waals surface area contributed by atoms with Crippen LogP contribution >= 0.6 is 7.92 Å². The highest BCUT2D eigenvalue weighted by molar-refractivity contribution is 7.55. The summed E-state index contributed by atoms with van der Waals surface area (Å²) >= 11 is 0. The molecule has 0 aliphatic heterocycles. The topological polar surface area (TPSA) is 24.9 Å². The highest BCUT2D eigenvalue weighted by Crippen LogP contribution is 2.29. The quantitative estimate of drug-likeness (QED) is 0.745. The normalized spacial score (nSPS) is 10.8. The summed E-state index contributed by atoms with van der Waals surface area (Å²) in [6, 6.07) is 6.27. The number of aromatic nitrogens is 1. The average molecular weight is 196 g/mol. The zero-order valence-corrected chi connectivity index (χ0v) is 9.44. The fraction of sp³-hybridized carbons (Fsp3) is 0.500. The van der Waals surface area contributed by atoms with E-state index in [1.54, 1.807) is 0 Å². The van der Waals surface area contributed by atoms with Gasteiger partial charge in [0.2, 0.25) is 0 Å². The molecule has 0 atom stereocenters. The fourth-order valence-corrected chi connectivity index (χ4v) is 2.04. The van der Waals surface area contributed by atoms with Crippen molar-refractivity contribution in [2.75, 3.05) is 20.4 Å². The number of rotatable bonds is 4. The first-order chi connectivity index (χ1) is 6.22. The van der Waals surface area contributed by atoms with Crippen molar-refractivity contribution in [1.82, 2.24) is 10.3 Å². The molecule has 72 valence electrons. The predicted octanol–water partition coefficient (Wildman–Crippen LogP) is 2.04. The van der Waals surface area contributed by atoms with Crippen molar-refractivity contribution in [2.24, 2.45) is 0 Å². The molecule has 0 aliphatic rings. The van der Waals surface area contributed by atoms with Gasteiger partial charge in [0.15, 0.2) is 0 Å². The van der Waals surface area contributed by atoms with Gasteiger partial charge < -0.3 is 5.32 Å². The molecular weight excluding hydrogens is 179 g/mol. The lowest BCUT2D eigenvalue weighted by Gasteiger charge is -2.06. The lowest BCUT2D eigenvalue weighted by atomic mass is 10.3. The maximum atomic E-state index is 4.56. The Morgan fingerprint density at radius 2 is 2.00 bits per heavy atom. The van der Waals surface area contributed by atoms with Crippen LogP contribution in [-0.2, 0) is 12.7 Å². The molecule has 0 aromatic carbocycles. The second-order valence-corrected chi connectivity index (χ2v) is 5.86. The van der Waals surface area contributed by atoms with Crippen LogP contribution in [0.4, 0.5) is 0 Å². The van der Waals surface area contributed by atoms with Gasteiger partial charge in [-0.25, -0.2) is 0 Å². The fourth-order valence-electron chi connectivity index (χ4n) is 1.22. The Morgan fingerprint density at radius 3 is 2.62 bits per heavy atom. The smallest absolute Gasteiger partial charge is 0.0545 e. The number of nitrogens with one attached hydrogen (secondary N) is 1. The Balaban J connectivity index is 2.67. The summed E-state index contributed by atoms with van der Waals surface area (Å²) in [6.07, 6.45) is 1.13. The average Bonchev–Trinajstić information content (AvgIpc) is 2.04. The first-order valence-electron chi connectivity index (χ1n) is 4.46. The summed E-state index contributed by atoms with van der Waals surface area (Å²) in [7, 11) is 2.06. The van der Waals surface area contributed by atoms with Crippen LogP contribution < -0.4 is 5.32 Å². The minimum absolute atomic E-state index is 0.119. The van der Waals surface area contributed by atoms with Crippen LogP contribution in [0.15, 0.2) is 18.2 Å². The first kappa shape index (κ1) is 10.6. The van der Waals surface area contributed by atoms with Gasteiger partial charge in [-0.1, -0.05) is 6.07 Å². The second kappa shape index (κ2) is 5.31. The van der Waals surface area contributed by atoms with E-state index in [0.717, 1.165) is 18.4 Å². The monoisotopic (exact) mass is 196 g/mol. The van der Waals surface area contributed by atoms with Crippen molar-refractivity contribution in [3.63, 3.8) is 0 Å². The van der Waals surface area contributed by atoms with Gasteiger partial charge >= 0.3 is 0 Å². The molecule has 0 saturated carbocycles. The lowest BCUT2D eigenvalue weighted by Crippen LogP contribution is -2.07. The standard InChI is InChI=1S/C10H17N2P/c1-11-7-9-5-4-6-10(12-9)8-13(2)3/h4-6,11H,7-8H2,1-3H3. The summed E-state index contributed by atoms with van der Waals surface area (Å²) < 4.78 is 0. The molecule has 3 heteroatoms. The van der Waals surface area contributed by atoms with Gasteiger partial charge in [-0.3, -0.25) is 4.98 Å². The molecule has 0 unspecified atom stereocenters. The first-order valence-corrected chi connectivity index (χ1v) is 6.88. The van der Waals surface area contributed by atoms with Gasteiger partial charge in [-0.05, 0) is 32.5 Å². The van der Waals surface area contributed by atoms with E-state index >= 15 is 0 Å². The molecule has 1 aromatic heterocycles. The zero-order valence-electron chi connectivity index (χ0n) is 8.54. The van der Waals surface area contributed by atoms with Crippen molar-refractivity contribution in [3.05, 3.63) is 29.6 Å². The predicted molar refractivity (Wildman–Crippen MR) is 59.5 cm³/mol. The summed E-state index contributed by atoms with van der Waals surface area (Å²) in [5.41, 5.74) is 2.36. The lowest BCUT2D eigenvalue weighted by molar-refractivity contribution is 0.786. The number of hydrogen-bond donors (Lipinski definition) is 1. The van der Waals surface area contributed by atoms with Crippen LogP contribution in [0.1, 0.15) is 11.4 Å². The van der Waals surface area contributed by atoms with Gasteiger partial charge in [0, 0.05) is 18.4 Å². The minimum atomic E-state index is 0.119. The van der Waals surface area contributed by atoms with Crippen molar-refractivity contribution >= 4 is 7.92 Å². The minimum Gasteiger partial charge on any atom is -0.314 e. The van der Waals surface area contributed by atoms with E-state index in [2.05, 4.69) is 41.8 Å². The third-order valence-corrected chi connectivity index (χ3v) is 2.66. The van der Waals surface area contributed by atoms with Crippen LogP contribution in [0.5, 0.6) is 0 Å². The Morgan fingerprint density at radius 1 is 1.31 bits per heavy atom. The van der Waals surface area contributed by atoms with Crippen molar-refractivity contribution in [3.8, 4) is 0 Å². The summed E-state index contributed by atoms with van der Waals surface area (Å²) in [4.78, 5) is 4.56. The number of pyridine rings is 1. The maximum Gasteiger partial charge on any atom is 0.0545 e. The maximum absolute atomic E-state index is 4.56. The Kier molecular flexibility index (Phi) is 4.34. The van der Waals surface area contributed by atoms with Gasteiger partial charge in [-0.2, -0.15) is 0 Å². The number of hydrogen-bond acceptors (Lipinski definition) is 2. The van der Waals surface area contributed by atoms with E-state index in [0.29, 0.717) is 0 Å². The second-order valence-electron chi connectivity index (χ2n) is 3.39. The molecule has 2 nitrogen and oxygen atoms in total. The van der Waals surface area contributed by atoms with E-state index < -0.39 is 0 Å². The molecule has 0 bridgehead atoms. The van der Waals surface area contributed by atoms with E-state index in [1.165, 1.54) is 5.69 Å². The van der Waals surface area contributed by atoms with E-state index in [4.69, 9.17) is 0 Å². The van der Waals surface area contributed by atoms with E-state index in [-0.39, 0.29) is 7.92 Å². The van der Waals surface area contributed by atoms with E-state index in [9.17, 15) is 0 Å². The van der Waals surface area contributed by atoms with Crippen LogP contribution in [-0.4, -0.2) is 25.4 Å². The molecule has 0 fully saturated rings. The highest BCUT2D eigenvalue weighted by Gasteiger charge is 1.99. The third kappa shape index (κ3) is 3.84. The van der Waals surface area contributed by atoms with Gasteiger partial charge in [0.25, 0.3) is 0 Å². The van der Waals surface area contributed by atoms with Crippen LogP contribution in [0.3, 0.4) is 0 Å². The van der Waals surface area contributed by atoms with Gasteiger partial charge in [0.1, 0.15) is 0 Å². The molecule has 1 rings (SSSR count). The largest absolute Gasteiger partial charge is 0.314 e. The van der Waals surface area contributed by atoms with Gasteiger partial charge in [-0.15, -0.1) is 7.92 Å². The summed E-state index contributed by atoms with van der Waals surface area (Å²) in [5, 5.41) is 3.11. The van der Waals surface area contributed by atoms with Crippen LogP contribution in [0.2, 0.25) is 0 Å². The van der Waals surface area contributed by atoms with Crippen molar-refractivity contribution in [2.45, 2.75) is 12.7 Å². The van der Waals surface area contributed by atoms with Crippen LogP contribution in [0.25, 0.3) is 0 Å². The summed E-state index contributed by atoms with van der Waals surface area (Å²) in [6.45, 7) is 5.42. The molecule has 1 heterocycles. The SMILES string of the molecule is CNCc1cccc(CP(C)C)n1. The van der Waals surface area contributed by atoms with Crippen LogP contribution in [0, 0.1) is 0 Å². The van der Waals surface area contributed by atoms with Gasteiger partial charge in [0.05, 0.1) is 5.69 Å². The highest BCUT2D eigenvalue weighted by atomic mass is 31.1. The number of nitrogens with zero attached hydrogens (tertiary/aromatic N) is 1. The molecule has 1 N–H and O–H groups in total. The van der Waals surface area contributed by atoms with Crippen molar-refractivity contribution in [1.29, 1.82) is 0 Å². The molecule has 13 heavy (non-hydrogen) atoms.